The molecule has 3 nitrogen and oxygen atoms in total. The zero-order valence-corrected chi connectivity index (χ0v) is 5.16. The lowest BCUT2D eigenvalue weighted by molar-refractivity contribution is -0.115. The summed E-state index contributed by atoms with van der Waals surface area (Å²) in [5, 5.41) is 0. The first-order valence-electron chi connectivity index (χ1n) is 2.69. The average molecular weight is 124 g/mol. The number of rotatable bonds is 1. The van der Waals surface area contributed by atoms with E-state index in [0.29, 0.717) is 0 Å². The van der Waals surface area contributed by atoms with Crippen molar-refractivity contribution in [3.8, 4) is 0 Å². The molecule has 0 radical (unpaired) electrons. The van der Waals surface area contributed by atoms with Gasteiger partial charge in [0, 0.05) is 19.3 Å². The Balaban J connectivity index is 2.58. The van der Waals surface area contributed by atoms with E-state index in [4.69, 9.17) is 0 Å². The predicted octanol–water partition coefficient (Wildman–Crippen LogP) is 0.578. The van der Waals surface area contributed by atoms with Crippen LogP contribution in [-0.2, 0) is 4.79 Å². The topological polar surface area (TPSA) is 34.0 Å². The molecule has 0 aliphatic rings. The van der Waals surface area contributed by atoms with Gasteiger partial charge in [0.05, 0.1) is 0 Å². The fourth-order valence-electron chi connectivity index (χ4n) is 0.591. The van der Waals surface area contributed by atoms with Crippen LogP contribution in [0.5, 0.6) is 0 Å². The Bertz CT molecular complexity index is 191. The molecule has 48 valence electrons. The smallest absolute Gasteiger partial charge is 0.235 e. The highest BCUT2D eigenvalue weighted by atomic mass is 16.2. The minimum Gasteiger partial charge on any atom is -0.274 e. The summed E-state index contributed by atoms with van der Waals surface area (Å²) in [5.41, 5.74) is 2.56. The molecule has 0 saturated carbocycles. The Morgan fingerprint density at radius 3 is 2.44 bits per heavy atom. The van der Waals surface area contributed by atoms with E-state index in [9.17, 15) is 4.79 Å². The van der Waals surface area contributed by atoms with Crippen molar-refractivity contribution in [2.24, 2.45) is 0 Å². The van der Waals surface area contributed by atoms with Crippen LogP contribution >= 0.6 is 0 Å². The Labute approximate surface area is 53.3 Å². The molecular weight excluding hydrogens is 116 g/mol. The molecule has 1 heterocycles. The fourth-order valence-corrected chi connectivity index (χ4v) is 0.591. The van der Waals surface area contributed by atoms with E-state index < -0.39 is 0 Å². The van der Waals surface area contributed by atoms with Crippen molar-refractivity contribution >= 4 is 5.91 Å². The molecule has 0 spiro atoms. The summed E-state index contributed by atoms with van der Waals surface area (Å²) < 4.78 is 1.60. The second-order valence-corrected chi connectivity index (χ2v) is 1.76. The maximum atomic E-state index is 10.4. The molecule has 0 fully saturated rings. The third-order valence-electron chi connectivity index (χ3n) is 0.891. The monoisotopic (exact) mass is 124 g/mol. The van der Waals surface area contributed by atoms with Crippen molar-refractivity contribution in [2.75, 3.05) is 5.43 Å². The van der Waals surface area contributed by atoms with Crippen LogP contribution in [0.25, 0.3) is 0 Å². The van der Waals surface area contributed by atoms with Crippen molar-refractivity contribution in [3.63, 3.8) is 0 Å². The summed E-state index contributed by atoms with van der Waals surface area (Å²) in [6, 6.07) is 3.69. The van der Waals surface area contributed by atoms with E-state index in [2.05, 4.69) is 5.43 Å². The van der Waals surface area contributed by atoms with Gasteiger partial charge in [-0.2, -0.15) is 0 Å². The summed E-state index contributed by atoms with van der Waals surface area (Å²) in [4.78, 5) is 10.4. The molecule has 1 aromatic heterocycles. The molecule has 0 aromatic carbocycles. The quantitative estimate of drug-likeness (QED) is 0.583. The highest BCUT2D eigenvalue weighted by molar-refractivity contribution is 5.80. The zero-order chi connectivity index (χ0) is 6.69. The molecule has 3 heteroatoms. The van der Waals surface area contributed by atoms with Crippen molar-refractivity contribution in [1.82, 2.24) is 4.68 Å². The molecule has 0 unspecified atom stereocenters. The lowest BCUT2D eigenvalue weighted by atomic mass is 10.7. The number of aromatic nitrogens is 1. The van der Waals surface area contributed by atoms with E-state index in [-0.39, 0.29) is 5.91 Å². The Kier molecular flexibility index (Phi) is 1.53. The lowest BCUT2D eigenvalue weighted by Gasteiger charge is -1.99. The van der Waals surface area contributed by atoms with E-state index >= 15 is 0 Å². The predicted molar refractivity (Wildman–Crippen MR) is 34.5 cm³/mol. The first-order chi connectivity index (χ1) is 4.29. The van der Waals surface area contributed by atoms with Crippen LogP contribution in [0.3, 0.4) is 0 Å². The second kappa shape index (κ2) is 2.35. The second-order valence-electron chi connectivity index (χ2n) is 1.76. The highest BCUT2D eigenvalue weighted by Crippen LogP contribution is 1.83. The van der Waals surface area contributed by atoms with Gasteiger partial charge in [0.2, 0.25) is 5.91 Å². The molecule has 9 heavy (non-hydrogen) atoms. The van der Waals surface area contributed by atoms with Gasteiger partial charge in [-0.15, -0.1) is 0 Å². The lowest BCUT2D eigenvalue weighted by Crippen LogP contribution is -2.17. The number of hydrogen-bond donors (Lipinski definition) is 1. The molecular formula is C6H8N2O. The molecule has 0 aliphatic heterocycles. The van der Waals surface area contributed by atoms with Gasteiger partial charge >= 0.3 is 0 Å². The van der Waals surface area contributed by atoms with Crippen LogP contribution in [0, 0.1) is 0 Å². The summed E-state index contributed by atoms with van der Waals surface area (Å²) >= 11 is 0. The Morgan fingerprint density at radius 1 is 1.44 bits per heavy atom. The van der Waals surface area contributed by atoms with E-state index in [1.807, 2.05) is 12.1 Å². The van der Waals surface area contributed by atoms with Crippen LogP contribution in [-0.4, -0.2) is 10.6 Å². The van der Waals surface area contributed by atoms with Crippen molar-refractivity contribution < 1.29 is 4.79 Å². The molecule has 0 aliphatic carbocycles. The molecule has 1 aromatic rings. The molecule has 1 rings (SSSR count). The van der Waals surface area contributed by atoms with E-state index in [1.54, 1.807) is 17.1 Å². The number of hydrogen-bond acceptors (Lipinski definition) is 1. The van der Waals surface area contributed by atoms with Gasteiger partial charge in [-0.3, -0.25) is 14.9 Å². The van der Waals surface area contributed by atoms with Gasteiger partial charge in [0.1, 0.15) is 0 Å². The standard InChI is InChI=1S/C6H8N2O/c1-6(9)7-8-4-2-3-5-8/h2-5H,1H3,(H,7,9). The van der Waals surface area contributed by atoms with Crippen LogP contribution in [0.15, 0.2) is 24.5 Å². The van der Waals surface area contributed by atoms with E-state index in [0.717, 1.165) is 0 Å². The number of carbonyl (C=O) groups is 1. The first-order valence-corrected chi connectivity index (χ1v) is 2.69. The molecule has 0 bridgehead atoms. The van der Waals surface area contributed by atoms with Crippen LogP contribution in [0.1, 0.15) is 6.92 Å². The molecule has 1 amide bonds. The number of amides is 1. The molecule has 0 saturated heterocycles. The number of nitrogens with one attached hydrogen (secondary N) is 1. The minimum atomic E-state index is -0.0637. The van der Waals surface area contributed by atoms with Gasteiger partial charge in [-0.25, -0.2) is 0 Å². The van der Waals surface area contributed by atoms with Gasteiger partial charge in [-0.1, -0.05) is 0 Å². The van der Waals surface area contributed by atoms with Crippen molar-refractivity contribution in [2.45, 2.75) is 6.92 Å². The van der Waals surface area contributed by atoms with Crippen molar-refractivity contribution in [3.05, 3.63) is 24.5 Å². The van der Waals surface area contributed by atoms with Gasteiger partial charge in [0.25, 0.3) is 0 Å². The third kappa shape index (κ3) is 1.60. The van der Waals surface area contributed by atoms with Crippen molar-refractivity contribution in [1.29, 1.82) is 0 Å². The summed E-state index contributed by atoms with van der Waals surface area (Å²) in [6.07, 6.45) is 3.53. The minimum absolute atomic E-state index is 0.0637. The summed E-state index contributed by atoms with van der Waals surface area (Å²) in [5.74, 6) is -0.0637. The maximum Gasteiger partial charge on any atom is 0.235 e. The average Bonchev–Trinajstić information content (AvgIpc) is 2.15. The van der Waals surface area contributed by atoms with Crippen LogP contribution < -0.4 is 5.43 Å². The first kappa shape index (κ1) is 5.88. The maximum absolute atomic E-state index is 10.4. The molecule has 1 N–H and O–H groups in total. The highest BCUT2D eigenvalue weighted by Gasteiger charge is 1.87. The van der Waals surface area contributed by atoms with Gasteiger partial charge in [-0.05, 0) is 12.1 Å². The Morgan fingerprint density at radius 2 is 2.00 bits per heavy atom. The fraction of sp³-hybridized carbons (Fsp3) is 0.167. The number of nitrogens with zero attached hydrogens (tertiary/aromatic N) is 1. The van der Waals surface area contributed by atoms with Gasteiger partial charge in [0.15, 0.2) is 0 Å². The van der Waals surface area contributed by atoms with Crippen LogP contribution in [0.2, 0.25) is 0 Å². The van der Waals surface area contributed by atoms with Gasteiger partial charge < -0.3 is 0 Å². The largest absolute Gasteiger partial charge is 0.274 e. The Hall–Kier alpha value is -1.25. The number of carbonyl (C=O) groups excluding carboxylic acids is 1. The third-order valence-corrected chi connectivity index (χ3v) is 0.891. The van der Waals surface area contributed by atoms with Crippen LogP contribution in [0.4, 0.5) is 0 Å². The summed E-state index contributed by atoms with van der Waals surface area (Å²) in [7, 11) is 0. The summed E-state index contributed by atoms with van der Waals surface area (Å²) in [6.45, 7) is 1.47. The molecule has 0 atom stereocenters. The zero-order valence-electron chi connectivity index (χ0n) is 5.16. The van der Waals surface area contributed by atoms with E-state index in [1.165, 1.54) is 6.92 Å². The SMILES string of the molecule is CC(=O)Nn1cccc1. The normalized spacial score (nSPS) is 9.00.